The van der Waals surface area contributed by atoms with Gasteiger partial charge in [-0.2, -0.15) is 0 Å². The van der Waals surface area contributed by atoms with Crippen LogP contribution in [0.25, 0.3) is 0 Å². The van der Waals surface area contributed by atoms with Gasteiger partial charge in [0.15, 0.2) is 0 Å². The molecule has 0 bridgehead atoms. The number of fused-ring (bicyclic) bond motifs is 1. The van der Waals surface area contributed by atoms with Gasteiger partial charge in [0.1, 0.15) is 11.0 Å². The molecule has 0 radical (unpaired) electrons. The van der Waals surface area contributed by atoms with E-state index in [0.29, 0.717) is 28.7 Å². The van der Waals surface area contributed by atoms with Gasteiger partial charge in [0.05, 0.1) is 10.6 Å². The van der Waals surface area contributed by atoms with Gasteiger partial charge in [-0.05, 0) is 29.7 Å². The maximum atomic E-state index is 13.3. The van der Waals surface area contributed by atoms with E-state index in [9.17, 15) is 9.59 Å². The Morgan fingerprint density at radius 3 is 2.59 bits per heavy atom. The smallest absolute Gasteiger partial charge is 0.256 e. The molecule has 1 unspecified atom stereocenters. The summed E-state index contributed by atoms with van der Waals surface area (Å²) in [6, 6.07) is 14.1. The number of nitrogens with one attached hydrogen (secondary N) is 1. The Hall–Kier alpha value is -2.77. The molecular formula is C21H19ClN4O2S. The lowest BCUT2D eigenvalue weighted by atomic mass is 9.93. The second-order valence-corrected chi connectivity index (χ2v) is 8.21. The van der Waals surface area contributed by atoms with Crippen molar-refractivity contribution < 1.29 is 9.59 Å². The molecule has 0 saturated heterocycles. The minimum atomic E-state index is -0.664. The SMILES string of the molecule is CCc1nnc(NC(=O)C2Cc3ccccc3CN2C(=O)c2ccccc2Cl)s1. The molecule has 2 aromatic carbocycles. The first-order valence-corrected chi connectivity index (χ1v) is 10.5. The molecule has 148 valence electrons. The van der Waals surface area contributed by atoms with Gasteiger partial charge >= 0.3 is 0 Å². The molecule has 4 rings (SSSR count). The van der Waals surface area contributed by atoms with Crippen LogP contribution in [-0.4, -0.2) is 33.0 Å². The topological polar surface area (TPSA) is 75.2 Å². The van der Waals surface area contributed by atoms with Crippen LogP contribution >= 0.6 is 22.9 Å². The third-order valence-electron chi connectivity index (χ3n) is 4.92. The molecule has 2 amide bonds. The van der Waals surface area contributed by atoms with Gasteiger partial charge < -0.3 is 4.90 Å². The summed E-state index contributed by atoms with van der Waals surface area (Å²) in [7, 11) is 0. The van der Waals surface area contributed by atoms with Crippen molar-refractivity contribution in [1.82, 2.24) is 15.1 Å². The van der Waals surface area contributed by atoms with Crippen molar-refractivity contribution in [2.75, 3.05) is 5.32 Å². The van der Waals surface area contributed by atoms with E-state index >= 15 is 0 Å². The van der Waals surface area contributed by atoms with E-state index in [1.165, 1.54) is 11.3 Å². The van der Waals surface area contributed by atoms with Crippen LogP contribution < -0.4 is 5.32 Å². The Kier molecular flexibility index (Phi) is 5.60. The average Bonchev–Trinajstić information content (AvgIpc) is 3.20. The maximum Gasteiger partial charge on any atom is 0.256 e. The molecule has 1 aromatic heterocycles. The number of carbonyl (C=O) groups is 2. The van der Waals surface area contributed by atoms with E-state index in [-0.39, 0.29) is 11.8 Å². The molecule has 1 aliphatic heterocycles. The number of hydrogen-bond donors (Lipinski definition) is 1. The summed E-state index contributed by atoms with van der Waals surface area (Å²) in [6.45, 7) is 2.32. The van der Waals surface area contributed by atoms with Crippen molar-refractivity contribution in [3.63, 3.8) is 0 Å². The lowest BCUT2D eigenvalue weighted by Crippen LogP contribution is -2.50. The Balaban J connectivity index is 1.65. The van der Waals surface area contributed by atoms with Crippen molar-refractivity contribution in [3.8, 4) is 0 Å². The summed E-state index contributed by atoms with van der Waals surface area (Å²) in [5.74, 6) is -0.546. The van der Waals surface area contributed by atoms with Crippen molar-refractivity contribution in [2.45, 2.75) is 32.4 Å². The predicted molar refractivity (Wildman–Crippen MR) is 113 cm³/mol. The average molecular weight is 427 g/mol. The second-order valence-electron chi connectivity index (χ2n) is 6.75. The molecule has 1 aliphatic rings. The molecule has 0 spiro atoms. The molecular weight excluding hydrogens is 408 g/mol. The molecule has 8 heteroatoms. The van der Waals surface area contributed by atoms with Gasteiger partial charge in [-0.25, -0.2) is 0 Å². The Morgan fingerprint density at radius 1 is 1.14 bits per heavy atom. The minimum Gasteiger partial charge on any atom is -0.322 e. The number of halogens is 1. The Bertz CT molecular complexity index is 1070. The van der Waals surface area contributed by atoms with Crippen LogP contribution in [-0.2, 0) is 24.2 Å². The maximum absolute atomic E-state index is 13.3. The van der Waals surface area contributed by atoms with Crippen LogP contribution in [0.15, 0.2) is 48.5 Å². The number of carbonyl (C=O) groups excluding carboxylic acids is 2. The lowest BCUT2D eigenvalue weighted by molar-refractivity contribution is -0.121. The highest BCUT2D eigenvalue weighted by atomic mass is 35.5. The van der Waals surface area contributed by atoms with Crippen molar-refractivity contribution in [3.05, 3.63) is 75.3 Å². The molecule has 0 saturated carbocycles. The van der Waals surface area contributed by atoms with E-state index in [1.54, 1.807) is 29.2 Å². The fourth-order valence-corrected chi connectivity index (χ4v) is 4.29. The summed E-state index contributed by atoms with van der Waals surface area (Å²) in [5, 5.41) is 12.5. The molecule has 6 nitrogen and oxygen atoms in total. The van der Waals surface area contributed by atoms with Crippen LogP contribution in [0.4, 0.5) is 5.13 Å². The van der Waals surface area contributed by atoms with Gasteiger partial charge in [0, 0.05) is 13.0 Å². The summed E-state index contributed by atoms with van der Waals surface area (Å²) in [6.07, 6.45) is 1.18. The zero-order chi connectivity index (χ0) is 20.4. The molecule has 3 aromatic rings. The molecule has 1 N–H and O–H groups in total. The van der Waals surface area contributed by atoms with E-state index in [2.05, 4.69) is 15.5 Å². The number of anilines is 1. The standard InChI is InChI=1S/C21H19ClN4O2S/c1-2-18-24-25-21(29-18)23-19(27)17-11-13-7-3-4-8-14(13)12-26(17)20(28)15-9-5-6-10-16(15)22/h3-10,17H,2,11-12H2,1H3,(H,23,25,27). The second kappa shape index (κ2) is 8.31. The number of benzene rings is 2. The number of hydrogen-bond acceptors (Lipinski definition) is 5. The minimum absolute atomic E-state index is 0.267. The normalized spacial score (nSPS) is 15.7. The lowest BCUT2D eigenvalue weighted by Gasteiger charge is -2.36. The number of nitrogens with zero attached hydrogens (tertiary/aromatic N) is 3. The van der Waals surface area contributed by atoms with Crippen molar-refractivity contribution in [1.29, 1.82) is 0 Å². The number of rotatable bonds is 4. The quantitative estimate of drug-likeness (QED) is 0.685. The highest BCUT2D eigenvalue weighted by molar-refractivity contribution is 7.15. The molecule has 0 fully saturated rings. The van der Waals surface area contributed by atoms with Crippen LogP contribution in [0.3, 0.4) is 0 Å². The van der Waals surface area contributed by atoms with Gasteiger partial charge in [-0.15, -0.1) is 10.2 Å². The first-order valence-electron chi connectivity index (χ1n) is 9.32. The van der Waals surface area contributed by atoms with E-state index < -0.39 is 6.04 Å². The summed E-state index contributed by atoms with van der Waals surface area (Å²) in [4.78, 5) is 28.0. The van der Waals surface area contributed by atoms with Crippen LogP contribution in [0, 0.1) is 0 Å². The van der Waals surface area contributed by atoms with Gasteiger partial charge in [-0.1, -0.05) is 66.3 Å². The summed E-state index contributed by atoms with van der Waals surface area (Å²) in [5.41, 5.74) is 2.47. The number of amides is 2. The van der Waals surface area contributed by atoms with Gasteiger partial charge in [0.25, 0.3) is 5.91 Å². The number of aryl methyl sites for hydroxylation is 1. The highest BCUT2D eigenvalue weighted by Crippen LogP contribution is 2.28. The summed E-state index contributed by atoms with van der Waals surface area (Å²) >= 11 is 7.59. The van der Waals surface area contributed by atoms with E-state index in [1.807, 2.05) is 31.2 Å². The van der Waals surface area contributed by atoms with E-state index in [0.717, 1.165) is 22.6 Å². The van der Waals surface area contributed by atoms with Crippen LogP contribution in [0.1, 0.15) is 33.4 Å². The van der Waals surface area contributed by atoms with Crippen LogP contribution in [0.5, 0.6) is 0 Å². The predicted octanol–water partition coefficient (Wildman–Crippen LogP) is 3.96. The van der Waals surface area contributed by atoms with E-state index in [4.69, 9.17) is 11.6 Å². The van der Waals surface area contributed by atoms with Gasteiger partial charge in [0.2, 0.25) is 11.0 Å². The largest absolute Gasteiger partial charge is 0.322 e. The molecule has 0 aliphatic carbocycles. The molecule has 1 atom stereocenters. The highest BCUT2D eigenvalue weighted by Gasteiger charge is 2.36. The zero-order valence-corrected chi connectivity index (χ0v) is 17.3. The first kappa shape index (κ1) is 19.5. The fraction of sp³-hybridized carbons (Fsp3) is 0.238. The third-order valence-corrected chi connectivity index (χ3v) is 6.23. The zero-order valence-electron chi connectivity index (χ0n) is 15.8. The van der Waals surface area contributed by atoms with Crippen LogP contribution in [0.2, 0.25) is 5.02 Å². The molecule has 2 heterocycles. The third kappa shape index (κ3) is 4.02. The number of aromatic nitrogens is 2. The van der Waals surface area contributed by atoms with Gasteiger partial charge in [-0.3, -0.25) is 14.9 Å². The van der Waals surface area contributed by atoms with Crippen molar-refractivity contribution in [2.24, 2.45) is 0 Å². The molecule has 29 heavy (non-hydrogen) atoms. The Morgan fingerprint density at radius 2 is 1.86 bits per heavy atom. The Labute approximate surface area is 177 Å². The monoisotopic (exact) mass is 426 g/mol. The fourth-order valence-electron chi connectivity index (χ4n) is 3.40. The summed E-state index contributed by atoms with van der Waals surface area (Å²) < 4.78 is 0. The van der Waals surface area contributed by atoms with Crippen molar-refractivity contribution >= 4 is 39.9 Å². The first-order chi connectivity index (χ1) is 14.1.